The number of para-hydroxylation sites is 1. The molecule has 2 amide bonds. The maximum absolute atomic E-state index is 11.8. The zero-order valence-corrected chi connectivity index (χ0v) is 15.3. The molecule has 0 aliphatic carbocycles. The van der Waals surface area contributed by atoms with E-state index in [9.17, 15) is 14.4 Å². The lowest BCUT2D eigenvalue weighted by molar-refractivity contribution is -0.144. The highest BCUT2D eigenvalue weighted by atomic mass is 16.5. The fourth-order valence-electron chi connectivity index (χ4n) is 2.06. The van der Waals surface area contributed by atoms with Crippen molar-refractivity contribution in [2.24, 2.45) is 0 Å². The predicted molar refractivity (Wildman–Crippen MR) is 95.8 cm³/mol. The van der Waals surface area contributed by atoms with Gasteiger partial charge < -0.3 is 24.8 Å². The van der Waals surface area contributed by atoms with Gasteiger partial charge in [-0.25, -0.2) is 4.79 Å². The van der Waals surface area contributed by atoms with Crippen LogP contribution in [-0.2, 0) is 19.1 Å². The molecule has 0 unspecified atom stereocenters. The summed E-state index contributed by atoms with van der Waals surface area (Å²) in [5.74, 6) is -0.563. The first kappa shape index (κ1) is 21.0. The van der Waals surface area contributed by atoms with Gasteiger partial charge in [0.2, 0.25) is 5.91 Å². The van der Waals surface area contributed by atoms with Crippen molar-refractivity contribution >= 4 is 23.9 Å². The van der Waals surface area contributed by atoms with Gasteiger partial charge in [-0.2, -0.15) is 0 Å². The Morgan fingerprint density at radius 3 is 2.54 bits per heavy atom. The van der Waals surface area contributed by atoms with Crippen LogP contribution in [-0.4, -0.2) is 51.2 Å². The van der Waals surface area contributed by atoms with Crippen molar-refractivity contribution in [3.8, 4) is 11.5 Å². The van der Waals surface area contributed by atoms with E-state index in [4.69, 9.17) is 14.2 Å². The van der Waals surface area contributed by atoms with E-state index in [2.05, 4.69) is 10.6 Å². The summed E-state index contributed by atoms with van der Waals surface area (Å²) in [6.07, 6.45) is 2.68. The van der Waals surface area contributed by atoms with Crippen molar-refractivity contribution in [2.75, 3.05) is 27.4 Å². The van der Waals surface area contributed by atoms with Gasteiger partial charge >= 0.3 is 5.97 Å². The molecular weight excluding hydrogens is 340 g/mol. The molecule has 0 saturated heterocycles. The van der Waals surface area contributed by atoms with Crippen LogP contribution in [0, 0.1) is 0 Å². The Balaban J connectivity index is 2.56. The van der Waals surface area contributed by atoms with Crippen LogP contribution in [0.1, 0.15) is 19.4 Å². The van der Waals surface area contributed by atoms with E-state index in [0.29, 0.717) is 23.6 Å². The number of likely N-dealkylation sites (N-methyl/N-ethyl adjacent to an activating group) is 1. The number of amides is 2. The molecule has 0 spiro atoms. The summed E-state index contributed by atoms with van der Waals surface area (Å²) in [5.41, 5.74) is 0.623. The lowest BCUT2D eigenvalue weighted by atomic mass is 10.1. The van der Waals surface area contributed by atoms with E-state index >= 15 is 0 Å². The second-order valence-corrected chi connectivity index (χ2v) is 5.21. The molecule has 0 aromatic heterocycles. The van der Waals surface area contributed by atoms with Gasteiger partial charge in [0.15, 0.2) is 18.1 Å². The SMILES string of the molecule is CCNC(=O)[C@H](C)NC(=O)COC(=O)/C=C/c1cccc(OC)c1OC. The molecule has 26 heavy (non-hydrogen) atoms. The quantitative estimate of drug-likeness (QED) is 0.499. The number of hydrogen-bond acceptors (Lipinski definition) is 6. The van der Waals surface area contributed by atoms with Gasteiger partial charge in [0.05, 0.1) is 14.2 Å². The molecule has 0 aliphatic heterocycles. The Morgan fingerprint density at radius 2 is 1.92 bits per heavy atom. The van der Waals surface area contributed by atoms with E-state index in [1.165, 1.54) is 26.4 Å². The minimum atomic E-state index is -0.710. The fourth-order valence-corrected chi connectivity index (χ4v) is 2.06. The third kappa shape index (κ3) is 6.46. The molecule has 0 fully saturated rings. The van der Waals surface area contributed by atoms with E-state index < -0.39 is 24.5 Å². The van der Waals surface area contributed by atoms with Crippen LogP contribution in [0.25, 0.3) is 6.08 Å². The van der Waals surface area contributed by atoms with Crippen molar-refractivity contribution in [1.29, 1.82) is 0 Å². The van der Waals surface area contributed by atoms with Gasteiger partial charge in [0, 0.05) is 18.2 Å². The Kier molecular flexibility index (Phi) is 8.69. The summed E-state index contributed by atoms with van der Waals surface area (Å²) in [4.78, 5) is 35.0. The number of carbonyl (C=O) groups is 3. The Bertz CT molecular complexity index is 672. The number of ether oxygens (including phenoxy) is 3. The lowest BCUT2D eigenvalue weighted by Crippen LogP contribution is -2.46. The van der Waals surface area contributed by atoms with Crippen LogP contribution in [0.4, 0.5) is 0 Å². The predicted octanol–water partition coefficient (Wildman–Crippen LogP) is 0.901. The van der Waals surface area contributed by atoms with Gasteiger partial charge in [0.1, 0.15) is 6.04 Å². The Morgan fingerprint density at radius 1 is 1.19 bits per heavy atom. The first-order valence-corrected chi connectivity index (χ1v) is 8.05. The molecule has 1 atom stereocenters. The molecule has 142 valence electrons. The van der Waals surface area contributed by atoms with Gasteiger partial charge in [-0.15, -0.1) is 0 Å². The third-order valence-electron chi connectivity index (χ3n) is 3.30. The average molecular weight is 364 g/mol. The van der Waals surface area contributed by atoms with E-state index in [-0.39, 0.29) is 5.91 Å². The number of methoxy groups -OCH3 is 2. The lowest BCUT2D eigenvalue weighted by Gasteiger charge is -2.13. The highest BCUT2D eigenvalue weighted by molar-refractivity contribution is 5.91. The highest BCUT2D eigenvalue weighted by Crippen LogP contribution is 2.31. The molecule has 2 N–H and O–H groups in total. The van der Waals surface area contributed by atoms with Crippen LogP contribution in [0.15, 0.2) is 24.3 Å². The highest BCUT2D eigenvalue weighted by Gasteiger charge is 2.15. The fraction of sp³-hybridized carbons (Fsp3) is 0.389. The van der Waals surface area contributed by atoms with Crippen molar-refractivity contribution in [3.05, 3.63) is 29.8 Å². The number of hydrogen-bond donors (Lipinski definition) is 2. The zero-order chi connectivity index (χ0) is 19.5. The summed E-state index contributed by atoms with van der Waals surface area (Å²) >= 11 is 0. The molecule has 8 heteroatoms. The molecule has 1 aromatic carbocycles. The summed E-state index contributed by atoms with van der Waals surface area (Å²) in [5, 5.41) is 5.02. The summed E-state index contributed by atoms with van der Waals surface area (Å²) < 4.78 is 15.3. The summed E-state index contributed by atoms with van der Waals surface area (Å²) in [7, 11) is 3.01. The molecule has 1 rings (SSSR count). The number of esters is 1. The first-order chi connectivity index (χ1) is 12.4. The topological polar surface area (TPSA) is 103 Å². The number of rotatable bonds is 9. The van der Waals surface area contributed by atoms with Crippen LogP contribution in [0.5, 0.6) is 11.5 Å². The largest absolute Gasteiger partial charge is 0.493 e. The summed E-state index contributed by atoms with van der Waals surface area (Å²) in [6.45, 7) is 3.30. The van der Waals surface area contributed by atoms with Crippen molar-refractivity contribution < 1.29 is 28.6 Å². The van der Waals surface area contributed by atoms with Crippen LogP contribution in [0.2, 0.25) is 0 Å². The number of nitrogens with one attached hydrogen (secondary N) is 2. The van der Waals surface area contributed by atoms with Crippen LogP contribution < -0.4 is 20.1 Å². The number of benzene rings is 1. The van der Waals surface area contributed by atoms with Crippen molar-refractivity contribution in [3.63, 3.8) is 0 Å². The molecule has 0 radical (unpaired) electrons. The minimum Gasteiger partial charge on any atom is -0.493 e. The van der Waals surface area contributed by atoms with Crippen molar-refractivity contribution in [2.45, 2.75) is 19.9 Å². The van der Waals surface area contributed by atoms with E-state index in [1.54, 1.807) is 32.0 Å². The second-order valence-electron chi connectivity index (χ2n) is 5.21. The second kappa shape index (κ2) is 10.8. The average Bonchev–Trinajstić information content (AvgIpc) is 2.64. The van der Waals surface area contributed by atoms with E-state index in [1.807, 2.05) is 0 Å². The van der Waals surface area contributed by atoms with Gasteiger partial charge in [-0.05, 0) is 26.0 Å². The van der Waals surface area contributed by atoms with E-state index in [0.717, 1.165) is 0 Å². The standard InChI is InChI=1S/C18H24N2O6/c1-5-19-18(23)12(2)20-15(21)11-26-16(22)10-9-13-7-6-8-14(24-3)17(13)25-4/h6-10,12H,5,11H2,1-4H3,(H,19,23)(H,20,21)/b10-9+/t12-/m0/s1. The summed E-state index contributed by atoms with van der Waals surface area (Å²) in [6, 6.07) is 4.51. The van der Waals surface area contributed by atoms with Gasteiger partial charge in [0.25, 0.3) is 5.91 Å². The molecule has 8 nitrogen and oxygen atoms in total. The van der Waals surface area contributed by atoms with Crippen molar-refractivity contribution in [1.82, 2.24) is 10.6 Å². The van der Waals surface area contributed by atoms with Gasteiger partial charge in [-0.1, -0.05) is 12.1 Å². The Hall–Kier alpha value is -3.03. The third-order valence-corrected chi connectivity index (χ3v) is 3.30. The normalized spacial score (nSPS) is 11.5. The molecule has 1 aromatic rings. The smallest absolute Gasteiger partial charge is 0.331 e. The minimum absolute atomic E-state index is 0.308. The molecule has 0 bridgehead atoms. The molecule has 0 aliphatic rings. The maximum Gasteiger partial charge on any atom is 0.331 e. The van der Waals surface area contributed by atoms with Crippen LogP contribution in [0.3, 0.4) is 0 Å². The number of carbonyl (C=O) groups excluding carboxylic acids is 3. The molecular formula is C18H24N2O6. The Labute approximate surface area is 152 Å². The van der Waals surface area contributed by atoms with Crippen LogP contribution >= 0.6 is 0 Å². The molecule has 0 saturated carbocycles. The monoisotopic (exact) mass is 364 g/mol. The maximum atomic E-state index is 11.8. The van der Waals surface area contributed by atoms with Gasteiger partial charge in [-0.3, -0.25) is 9.59 Å². The molecule has 0 heterocycles. The first-order valence-electron chi connectivity index (χ1n) is 8.05. The zero-order valence-electron chi connectivity index (χ0n) is 15.3.